The van der Waals surface area contributed by atoms with Gasteiger partial charge < -0.3 is 23.7 Å². The van der Waals surface area contributed by atoms with Gasteiger partial charge in [0.2, 0.25) is 0 Å². The Hall–Kier alpha value is -1.96. The van der Waals surface area contributed by atoms with E-state index >= 15 is 0 Å². The van der Waals surface area contributed by atoms with Crippen molar-refractivity contribution in [2.45, 2.75) is 32.0 Å². The second-order valence-electron chi connectivity index (χ2n) is 4.71. The molecule has 1 aliphatic rings. The van der Waals surface area contributed by atoms with Crippen molar-refractivity contribution >= 4 is 11.9 Å². The van der Waals surface area contributed by atoms with E-state index in [2.05, 4.69) is 0 Å². The van der Waals surface area contributed by atoms with Gasteiger partial charge in [0.25, 0.3) is 0 Å². The van der Waals surface area contributed by atoms with Gasteiger partial charge in [-0.2, -0.15) is 0 Å². The van der Waals surface area contributed by atoms with Crippen LogP contribution in [-0.4, -0.2) is 44.5 Å². The molecule has 7 heteroatoms. The number of ether oxygens (including phenoxy) is 5. The van der Waals surface area contributed by atoms with E-state index in [1.807, 2.05) is 6.07 Å². The monoisotopic (exact) mass is 324 g/mol. The molecule has 1 aromatic rings. The summed E-state index contributed by atoms with van der Waals surface area (Å²) in [7, 11) is 1.36. The van der Waals surface area contributed by atoms with Crippen LogP contribution in [0.2, 0.25) is 0 Å². The van der Waals surface area contributed by atoms with E-state index in [1.54, 1.807) is 38.1 Å². The molecule has 1 saturated heterocycles. The highest BCUT2D eigenvalue weighted by Gasteiger charge is 2.56. The normalized spacial score (nSPS) is 22.6. The fourth-order valence-electron chi connectivity index (χ4n) is 2.27. The summed E-state index contributed by atoms with van der Waals surface area (Å²) in [5.74, 6) is -3.09. The summed E-state index contributed by atoms with van der Waals surface area (Å²) in [5.41, 5.74) is 0.517. The molecule has 7 nitrogen and oxygen atoms in total. The average molecular weight is 324 g/mol. The van der Waals surface area contributed by atoms with Gasteiger partial charge in [-0.1, -0.05) is 30.3 Å². The fourth-order valence-corrected chi connectivity index (χ4v) is 2.27. The average Bonchev–Trinajstić information content (AvgIpc) is 2.98. The lowest BCUT2D eigenvalue weighted by molar-refractivity contribution is -0.341. The van der Waals surface area contributed by atoms with E-state index in [9.17, 15) is 9.59 Å². The molecule has 0 N–H and O–H groups in total. The molecule has 1 heterocycles. The standard InChI is InChI=1S/C16H20O7/c1-4-20-14(17)12-13(15(18)21-5-2)23-16(19-3,22-12)11-9-7-6-8-10-11/h6-10,12-13H,4-5H2,1-3H3/t12-,13-/m1/s1. The second-order valence-corrected chi connectivity index (χ2v) is 4.71. The molecule has 1 fully saturated rings. The lowest BCUT2D eigenvalue weighted by Gasteiger charge is -2.25. The third-order valence-corrected chi connectivity index (χ3v) is 3.27. The third kappa shape index (κ3) is 3.52. The molecule has 2 rings (SSSR count). The first-order valence-corrected chi connectivity index (χ1v) is 7.37. The van der Waals surface area contributed by atoms with E-state index in [4.69, 9.17) is 23.7 Å². The minimum atomic E-state index is -1.67. The largest absolute Gasteiger partial charge is 0.464 e. The van der Waals surface area contributed by atoms with E-state index < -0.39 is 30.1 Å². The van der Waals surface area contributed by atoms with Crippen LogP contribution < -0.4 is 0 Å². The Balaban J connectivity index is 2.34. The van der Waals surface area contributed by atoms with Crippen molar-refractivity contribution in [1.29, 1.82) is 0 Å². The van der Waals surface area contributed by atoms with Crippen molar-refractivity contribution in [3.05, 3.63) is 35.9 Å². The Labute approximate surface area is 134 Å². The molecule has 0 amide bonds. The molecule has 0 radical (unpaired) electrons. The van der Waals surface area contributed by atoms with Gasteiger partial charge in [0, 0.05) is 12.7 Å². The molecule has 0 saturated carbocycles. The van der Waals surface area contributed by atoms with Crippen LogP contribution in [0.5, 0.6) is 0 Å². The maximum atomic E-state index is 12.1. The maximum absolute atomic E-state index is 12.1. The molecular formula is C16H20O7. The zero-order valence-corrected chi connectivity index (χ0v) is 13.3. The first-order valence-electron chi connectivity index (χ1n) is 7.37. The molecule has 2 atom stereocenters. The van der Waals surface area contributed by atoms with Crippen LogP contribution in [0.1, 0.15) is 19.4 Å². The van der Waals surface area contributed by atoms with Gasteiger partial charge in [0.15, 0.2) is 12.2 Å². The molecule has 0 unspecified atom stereocenters. The van der Waals surface area contributed by atoms with E-state index in [0.29, 0.717) is 5.56 Å². The Morgan fingerprint density at radius 3 is 1.87 bits per heavy atom. The van der Waals surface area contributed by atoms with Gasteiger partial charge in [0.05, 0.1) is 13.2 Å². The summed E-state index contributed by atoms with van der Waals surface area (Å²) in [6.45, 7) is 3.63. The molecule has 1 aliphatic heterocycles. The minimum absolute atomic E-state index is 0.152. The molecule has 23 heavy (non-hydrogen) atoms. The zero-order chi connectivity index (χ0) is 16.9. The first-order chi connectivity index (χ1) is 11.1. The predicted molar refractivity (Wildman–Crippen MR) is 78.1 cm³/mol. The highest BCUT2D eigenvalue weighted by atomic mass is 16.9. The highest BCUT2D eigenvalue weighted by Crippen LogP contribution is 2.39. The van der Waals surface area contributed by atoms with E-state index in [0.717, 1.165) is 0 Å². The predicted octanol–water partition coefficient (Wildman–Crippen LogP) is 1.35. The lowest BCUT2D eigenvalue weighted by Crippen LogP contribution is -2.39. The van der Waals surface area contributed by atoms with Crippen molar-refractivity contribution < 1.29 is 33.3 Å². The summed E-state index contributed by atoms with van der Waals surface area (Å²) in [6, 6.07) is 8.76. The van der Waals surface area contributed by atoms with Gasteiger partial charge >= 0.3 is 17.9 Å². The summed E-state index contributed by atoms with van der Waals surface area (Å²) in [4.78, 5) is 24.2. The summed E-state index contributed by atoms with van der Waals surface area (Å²) in [6.07, 6.45) is -2.54. The number of esters is 2. The highest BCUT2D eigenvalue weighted by molar-refractivity contribution is 5.86. The van der Waals surface area contributed by atoms with Crippen molar-refractivity contribution in [2.75, 3.05) is 20.3 Å². The summed E-state index contributed by atoms with van der Waals surface area (Å²) >= 11 is 0. The van der Waals surface area contributed by atoms with Gasteiger partial charge in [-0.15, -0.1) is 0 Å². The molecule has 0 bridgehead atoms. The van der Waals surface area contributed by atoms with Crippen LogP contribution in [0.25, 0.3) is 0 Å². The maximum Gasteiger partial charge on any atom is 0.338 e. The molecular weight excluding hydrogens is 304 g/mol. The molecule has 126 valence electrons. The molecule has 0 aromatic heterocycles. The van der Waals surface area contributed by atoms with Gasteiger partial charge in [0.1, 0.15) is 0 Å². The van der Waals surface area contributed by atoms with Crippen molar-refractivity contribution in [3.63, 3.8) is 0 Å². The van der Waals surface area contributed by atoms with E-state index in [1.165, 1.54) is 7.11 Å². The van der Waals surface area contributed by atoms with Gasteiger partial charge in [-0.3, -0.25) is 0 Å². The van der Waals surface area contributed by atoms with E-state index in [-0.39, 0.29) is 13.2 Å². The Morgan fingerprint density at radius 1 is 1.00 bits per heavy atom. The van der Waals surface area contributed by atoms with Crippen molar-refractivity contribution in [3.8, 4) is 0 Å². The number of hydrogen-bond acceptors (Lipinski definition) is 7. The van der Waals surface area contributed by atoms with Crippen LogP contribution in [0.3, 0.4) is 0 Å². The Kier molecular flexibility index (Phi) is 5.70. The molecule has 0 spiro atoms. The van der Waals surface area contributed by atoms with Crippen LogP contribution >= 0.6 is 0 Å². The van der Waals surface area contributed by atoms with Gasteiger partial charge in [-0.25, -0.2) is 9.59 Å². The number of methoxy groups -OCH3 is 1. The zero-order valence-electron chi connectivity index (χ0n) is 13.3. The number of rotatable bonds is 6. The number of carbonyl (C=O) groups excluding carboxylic acids is 2. The van der Waals surface area contributed by atoms with Gasteiger partial charge in [-0.05, 0) is 13.8 Å². The Morgan fingerprint density at radius 2 is 1.48 bits per heavy atom. The second kappa shape index (κ2) is 7.54. The minimum Gasteiger partial charge on any atom is -0.464 e. The quantitative estimate of drug-likeness (QED) is 0.731. The number of hydrogen-bond donors (Lipinski definition) is 0. The number of carbonyl (C=O) groups is 2. The van der Waals surface area contributed by atoms with Crippen LogP contribution in [0, 0.1) is 0 Å². The molecule has 0 aliphatic carbocycles. The van der Waals surface area contributed by atoms with Crippen molar-refractivity contribution in [2.24, 2.45) is 0 Å². The Bertz CT molecular complexity index is 517. The SMILES string of the molecule is CCOC(=O)[C@@H]1OC(OC)(c2ccccc2)O[C@H]1C(=O)OCC. The summed E-state index contributed by atoms with van der Waals surface area (Å²) in [5, 5.41) is 0. The smallest absolute Gasteiger partial charge is 0.338 e. The van der Waals surface area contributed by atoms with Crippen molar-refractivity contribution in [1.82, 2.24) is 0 Å². The third-order valence-electron chi connectivity index (χ3n) is 3.27. The number of benzene rings is 1. The van der Waals surface area contributed by atoms with Crippen LogP contribution in [0.15, 0.2) is 30.3 Å². The molecule has 1 aromatic carbocycles. The topological polar surface area (TPSA) is 80.3 Å². The fraction of sp³-hybridized carbons (Fsp3) is 0.500. The lowest BCUT2D eigenvalue weighted by atomic mass is 10.2. The first kappa shape index (κ1) is 17.4. The summed E-state index contributed by atoms with van der Waals surface area (Å²) < 4.78 is 26.6. The van der Waals surface area contributed by atoms with Crippen LogP contribution in [0.4, 0.5) is 0 Å². The van der Waals surface area contributed by atoms with Crippen LogP contribution in [-0.2, 0) is 39.2 Å².